The number of amides is 1. The van der Waals surface area contributed by atoms with Crippen molar-refractivity contribution in [1.29, 1.82) is 0 Å². The van der Waals surface area contributed by atoms with E-state index in [-0.39, 0.29) is 10.2 Å². The Kier molecular flexibility index (Phi) is 6.01. The summed E-state index contributed by atoms with van der Waals surface area (Å²) in [6, 6.07) is 13.8. The number of carbonyl (C=O) groups is 2. The Labute approximate surface area is 184 Å². The molecule has 0 saturated carbocycles. The maximum atomic E-state index is 12.4. The Morgan fingerprint density at radius 1 is 1.23 bits per heavy atom. The monoisotopic (exact) mass is 437 g/mol. The minimum atomic E-state index is -1.09. The standard InChI is InChI=1S/C23H19NO4S2/c25-21(26)13-24-22(27)20(30-23(24)29)12-15-8-10-18(11-9-15)28-14-17-6-3-5-16-4-1-2-7-19(16)17/h2-3,5-12H,1,4,13-14H2,(H,25,26)/b20-12+. The van der Waals surface area contributed by atoms with Crippen molar-refractivity contribution >= 4 is 52.3 Å². The number of carboxylic acid groups (broad SMARTS) is 1. The Morgan fingerprint density at radius 2 is 2.03 bits per heavy atom. The van der Waals surface area contributed by atoms with E-state index in [9.17, 15) is 9.59 Å². The Morgan fingerprint density at radius 3 is 2.80 bits per heavy atom. The number of fused-ring (bicyclic) bond motifs is 1. The van der Waals surface area contributed by atoms with Gasteiger partial charge in [0.15, 0.2) is 0 Å². The molecule has 0 spiro atoms. The van der Waals surface area contributed by atoms with Crippen LogP contribution in [0.25, 0.3) is 12.2 Å². The van der Waals surface area contributed by atoms with Gasteiger partial charge in [-0.25, -0.2) is 0 Å². The predicted molar refractivity (Wildman–Crippen MR) is 122 cm³/mol. The van der Waals surface area contributed by atoms with Crippen molar-refractivity contribution < 1.29 is 19.4 Å². The van der Waals surface area contributed by atoms with Gasteiger partial charge < -0.3 is 9.84 Å². The van der Waals surface area contributed by atoms with Gasteiger partial charge in [-0.1, -0.05) is 66.5 Å². The van der Waals surface area contributed by atoms with Crippen LogP contribution in [-0.2, 0) is 22.6 Å². The van der Waals surface area contributed by atoms with Crippen molar-refractivity contribution in [1.82, 2.24) is 4.90 Å². The molecule has 1 fully saturated rings. The van der Waals surface area contributed by atoms with Gasteiger partial charge in [-0.15, -0.1) is 0 Å². The molecular weight excluding hydrogens is 418 g/mol. The highest BCUT2D eigenvalue weighted by Crippen LogP contribution is 2.32. The van der Waals surface area contributed by atoms with Crippen LogP contribution in [0.3, 0.4) is 0 Å². The van der Waals surface area contributed by atoms with Crippen LogP contribution < -0.4 is 4.74 Å². The molecule has 0 atom stereocenters. The number of carboxylic acids is 1. The second-order valence-electron chi connectivity index (χ2n) is 6.95. The van der Waals surface area contributed by atoms with E-state index in [0.717, 1.165) is 46.4 Å². The highest BCUT2D eigenvalue weighted by molar-refractivity contribution is 8.26. The molecule has 1 heterocycles. The molecule has 7 heteroatoms. The summed E-state index contributed by atoms with van der Waals surface area (Å²) in [6.45, 7) is 0.0634. The number of rotatable bonds is 6. The maximum Gasteiger partial charge on any atom is 0.323 e. The quantitative estimate of drug-likeness (QED) is 0.530. The summed E-state index contributed by atoms with van der Waals surface area (Å²) >= 11 is 6.22. The van der Waals surface area contributed by atoms with E-state index >= 15 is 0 Å². The number of aliphatic carboxylic acids is 1. The number of hydrogen-bond donors (Lipinski definition) is 1. The lowest BCUT2D eigenvalue weighted by molar-refractivity contribution is -0.140. The van der Waals surface area contributed by atoms with Crippen molar-refractivity contribution in [2.24, 2.45) is 0 Å². The molecule has 1 N–H and O–H groups in total. The van der Waals surface area contributed by atoms with Crippen molar-refractivity contribution in [3.05, 3.63) is 75.7 Å². The third-order valence-electron chi connectivity index (χ3n) is 4.89. The number of benzene rings is 2. The normalized spacial score (nSPS) is 16.8. The van der Waals surface area contributed by atoms with Crippen LogP contribution in [0.4, 0.5) is 0 Å². The zero-order valence-electron chi connectivity index (χ0n) is 16.0. The summed E-state index contributed by atoms with van der Waals surface area (Å²) < 4.78 is 6.22. The average molecular weight is 438 g/mol. The number of thiocarbonyl (C=S) groups is 1. The predicted octanol–water partition coefficient (Wildman–Crippen LogP) is 4.51. The first-order chi connectivity index (χ1) is 14.5. The van der Waals surface area contributed by atoms with Crippen LogP contribution in [0.5, 0.6) is 5.75 Å². The first-order valence-electron chi connectivity index (χ1n) is 9.48. The minimum absolute atomic E-state index is 0.258. The molecule has 152 valence electrons. The number of hydrogen-bond acceptors (Lipinski definition) is 5. The molecule has 0 bridgehead atoms. The van der Waals surface area contributed by atoms with Gasteiger partial charge in [0, 0.05) is 0 Å². The number of ether oxygens (including phenoxy) is 1. The second kappa shape index (κ2) is 8.85. The summed E-state index contributed by atoms with van der Waals surface area (Å²) in [5, 5.41) is 8.91. The number of allylic oxidation sites excluding steroid dienone is 1. The zero-order valence-corrected chi connectivity index (χ0v) is 17.7. The largest absolute Gasteiger partial charge is 0.489 e. The molecule has 1 amide bonds. The molecule has 0 radical (unpaired) electrons. The second-order valence-corrected chi connectivity index (χ2v) is 8.63. The van der Waals surface area contributed by atoms with Crippen molar-refractivity contribution in [3.8, 4) is 5.75 Å². The molecule has 1 saturated heterocycles. The molecule has 1 aliphatic heterocycles. The molecule has 2 aromatic carbocycles. The van der Waals surface area contributed by atoms with Crippen LogP contribution in [0.2, 0.25) is 0 Å². The van der Waals surface area contributed by atoms with Crippen LogP contribution in [0, 0.1) is 0 Å². The number of thioether (sulfide) groups is 1. The Balaban J connectivity index is 1.42. The van der Waals surface area contributed by atoms with Gasteiger partial charge in [0.1, 0.15) is 23.2 Å². The highest BCUT2D eigenvalue weighted by atomic mass is 32.2. The van der Waals surface area contributed by atoms with Crippen LogP contribution >= 0.6 is 24.0 Å². The third-order valence-corrected chi connectivity index (χ3v) is 6.27. The van der Waals surface area contributed by atoms with Crippen LogP contribution in [-0.4, -0.2) is 32.7 Å². The lowest BCUT2D eigenvalue weighted by Crippen LogP contribution is -2.33. The van der Waals surface area contributed by atoms with E-state index in [4.69, 9.17) is 22.1 Å². The van der Waals surface area contributed by atoms with Gasteiger partial charge in [0.05, 0.1) is 4.91 Å². The molecular formula is C23H19NO4S2. The lowest BCUT2D eigenvalue weighted by atomic mass is 9.93. The molecule has 1 aliphatic carbocycles. The fourth-order valence-electron chi connectivity index (χ4n) is 3.41. The zero-order chi connectivity index (χ0) is 21.1. The van der Waals surface area contributed by atoms with Crippen LogP contribution in [0.15, 0.2) is 53.4 Å². The Hall–Kier alpha value is -2.90. The van der Waals surface area contributed by atoms with Crippen molar-refractivity contribution in [2.45, 2.75) is 19.4 Å². The van der Waals surface area contributed by atoms with Gasteiger partial charge >= 0.3 is 5.97 Å². The summed E-state index contributed by atoms with van der Waals surface area (Å²) in [5.41, 5.74) is 4.59. The first kappa shape index (κ1) is 20.4. The smallest absolute Gasteiger partial charge is 0.323 e. The lowest BCUT2D eigenvalue weighted by Gasteiger charge is -2.15. The number of carbonyl (C=O) groups excluding carboxylic acids is 1. The molecule has 2 aliphatic rings. The fraction of sp³-hybridized carbons (Fsp3) is 0.174. The van der Waals surface area contributed by atoms with Gasteiger partial charge in [-0.05, 0) is 53.3 Å². The summed E-state index contributed by atoms with van der Waals surface area (Å²) in [7, 11) is 0. The topological polar surface area (TPSA) is 66.8 Å². The minimum Gasteiger partial charge on any atom is -0.489 e. The van der Waals surface area contributed by atoms with E-state index in [1.807, 2.05) is 24.3 Å². The molecule has 0 unspecified atom stereocenters. The van der Waals surface area contributed by atoms with Gasteiger partial charge in [-0.3, -0.25) is 14.5 Å². The van der Waals surface area contributed by atoms with Gasteiger partial charge in [0.25, 0.3) is 5.91 Å². The van der Waals surface area contributed by atoms with Crippen molar-refractivity contribution in [2.75, 3.05) is 6.54 Å². The molecule has 30 heavy (non-hydrogen) atoms. The fourth-order valence-corrected chi connectivity index (χ4v) is 4.66. The van der Waals surface area contributed by atoms with Gasteiger partial charge in [0.2, 0.25) is 0 Å². The van der Waals surface area contributed by atoms with E-state index in [1.165, 1.54) is 11.1 Å². The van der Waals surface area contributed by atoms with Crippen molar-refractivity contribution in [3.63, 3.8) is 0 Å². The van der Waals surface area contributed by atoms with E-state index in [0.29, 0.717) is 11.5 Å². The average Bonchev–Trinajstić information content (AvgIpc) is 3.00. The van der Waals surface area contributed by atoms with Crippen LogP contribution in [0.1, 0.15) is 28.7 Å². The first-order valence-corrected chi connectivity index (χ1v) is 10.7. The highest BCUT2D eigenvalue weighted by Gasteiger charge is 2.33. The number of aryl methyl sites for hydroxylation is 1. The molecule has 0 aromatic heterocycles. The third kappa shape index (κ3) is 4.47. The molecule has 5 nitrogen and oxygen atoms in total. The maximum absolute atomic E-state index is 12.4. The molecule has 2 aromatic rings. The molecule has 4 rings (SSSR count). The van der Waals surface area contributed by atoms with E-state index < -0.39 is 12.5 Å². The van der Waals surface area contributed by atoms with Gasteiger partial charge in [-0.2, -0.15) is 0 Å². The number of nitrogens with zero attached hydrogens (tertiary/aromatic N) is 1. The SMILES string of the molecule is O=C(O)CN1C(=O)/C(=C\c2ccc(OCc3cccc4c3C=CCC4)cc2)SC1=S. The van der Waals surface area contributed by atoms with E-state index in [2.05, 4.69) is 30.4 Å². The Bertz CT molecular complexity index is 1070. The van der Waals surface area contributed by atoms with E-state index in [1.54, 1.807) is 6.08 Å². The summed E-state index contributed by atoms with van der Waals surface area (Å²) in [6.07, 6.45) is 8.21. The summed E-state index contributed by atoms with van der Waals surface area (Å²) in [5.74, 6) is -0.734. The summed E-state index contributed by atoms with van der Waals surface area (Å²) in [4.78, 5) is 24.8.